The lowest BCUT2D eigenvalue weighted by Crippen LogP contribution is -2.50. The van der Waals surface area contributed by atoms with Crippen molar-refractivity contribution in [2.45, 2.75) is 35.5 Å². The van der Waals surface area contributed by atoms with Crippen LogP contribution < -0.4 is 20.0 Å². The Morgan fingerprint density at radius 1 is 0.667 bits per heavy atom. The van der Waals surface area contributed by atoms with Gasteiger partial charge in [0, 0.05) is 63.3 Å². The molecule has 0 saturated carbocycles. The maximum atomic E-state index is 12.9. The highest BCUT2D eigenvalue weighted by Gasteiger charge is 2.26. The Bertz CT molecular complexity index is 1710. The number of anilines is 4. The summed E-state index contributed by atoms with van der Waals surface area (Å²) in [4.78, 5) is 28.9. The third-order valence-corrected chi connectivity index (χ3v) is 11.4. The smallest absolute Gasteiger partial charge is 0.232 e. The molecule has 0 atom stereocenters. The average Bonchev–Trinajstić information content (AvgIpc) is 3.89. The van der Waals surface area contributed by atoms with Crippen LogP contribution in [0, 0.1) is 0 Å². The van der Waals surface area contributed by atoms with E-state index in [1.165, 1.54) is 37.0 Å². The summed E-state index contributed by atoms with van der Waals surface area (Å²) in [7, 11) is -3.57. The number of nitrogens with one attached hydrogen (secondary N) is 1. The number of thiocarbonyl (C=S) groups is 1. The van der Waals surface area contributed by atoms with Crippen molar-refractivity contribution in [3.8, 4) is 11.3 Å². The molecule has 234 valence electrons. The van der Waals surface area contributed by atoms with Crippen molar-refractivity contribution >= 4 is 61.5 Å². The molecule has 1 N–H and O–H groups in total. The Balaban J connectivity index is 0.977. The number of nitrogens with zero attached hydrogens (tertiary/aromatic N) is 8. The Hall–Kier alpha value is -3.88. The quantitative estimate of drug-likeness (QED) is 0.281. The first-order chi connectivity index (χ1) is 21.9. The molecule has 0 aliphatic carbocycles. The van der Waals surface area contributed by atoms with Gasteiger partial charge in [0.15, 0.2) is 10.2 Å². The fraction of sp³-hybridized carbons (Fsp3) is 0.387. The Kier molecular flexibility index (Phi) is 8.51. The third kappa shape index (κ3) is 6.44. The molecule has 5 heterocycles. The molecule has 2 aromatic heterocycles. The Morgan fingerprint density at radius 2 is 1.18 bits per heavy atom. The maximum absolute atomic E-state index is 12.9. The lowest BCUT2D eigenvalue weighted by atomic mass is 10.2. The van der Waals surface area contributed by atoms with E-state index in [0.29, 0.717) is 10.2 Å². The highest BCUT2D eigenvalue weighted by molar-refractivity contribution is 7.91. The van der Waals surface area contributed by atoms with Gasteiger partial charge < -0.3 is 24.9 Å². The number of hydrogen-bond donors (Lipinski definition) is 1. The fourth-order valence-corrected chi connectivity index (χ4v) is 8.23. The van der Waals surface area contributed by atoms with E-state index >= 15 is 0 Å². The molecule has 14 heteroatoms. The minimum absolute atomic E-state index is 0.253. The normalized spacial score (nSPS) is 17.2. The zero-order valence-electron chi connectivity index (χ0n) is 24.9. The largest absolute Gasteiger partial charge is 0.345 e. The van der Waals surface area contributed by atoms with Crippen LogP contribution in [-0.4, -0.2) is 90.7 Å². The van der Waals surface area contributed by atoms with Crippen LogP contribution in [0.2, 0.25) is 0 Å². The van der Waals surface area contributed by atoms with Gasteiger partial charge in [-0.2, -0.15) is 15.0 Å². The molecule has 0 radical (unpaired) electrons. The van der Waals surface area contributed by atoms with Crippen LogP contribution in [0.1, 0.15) is 25.7 Å². The van der Waals surface area contributed by atoms with Crippen molar-refractivity contribution in [2.24, 2.45) is 0 Å². The van der Waals surface area contributed by atoms with E-state index in [0.717, 1.165) is 81.5 Å². The molecule has 4 aromatic rings. The third-order valence-electron chi connectivity index (χ3n) is 8.46. The summed E-state index contributed by atoms with van der Waals surface area (Å²) in [5.41, 5.74) is 1.60. The van der Waals surface area contributed by atoms with Crippen molar-refractivity contribution in [2.75, 3.05) is 72.4 Å². The van der Waals surface area contributed by atoms with E-state index in [4.69, 9.17) is 32.2 Å². The lowest BCUT2D eigenvalue weighted by molar-refractivity contribution is 0.388. The highest BCUT2D eigenvalue weighted by Crippen LogP contribution is 2.29. The van der Waals surface area contributed by atoms with Crippen molar-refractivity contribution in [3.63, 3.8) is 0 Å². The molecule has 3 aliphatic heterocycles. The zero-order chi connectivity index (χ0) is 30.8. The van der Waals surface area contributed by atoms with Gasteiger partial charge in [-0.25, -0.2) is 13.4 Å². The summed E-state index contributed by atoms with van der Waals surface area (Å²) in [5.74, 6) is 2.34. The standard InChI is InChI=1S/C31H35N9O2S3/c41-45(42,24-8-2-1-3-9-24)25-12-10-23(11-13-25)26-22-44-30(32-26)36-31(43)40-20-18-39(19-21-40)29-34-27(37-14-4-5-15-37)33-28(35-29)38-16-6-7-17-38/h1-3,8-13,22H,4-7,14-21H2,(H,32,36,43). The first-order valence-electron chi connectivity index (χ1n) is 15.4. The summed E-state index contributed by atoms with van der Waals surface area (Å²) in [5, 5.41) is 6.57. The second kappa shape index (κ2) is 12.9. The second-order valence-corrected chi connectivity index (χ2v) is 14.6. The maximum Gasteiger partial charge on any atom is 0.232 e. The van der Waals surface area contributed by atoms with Gasteiger partial charge in [0.05, 0.1) is 15.5 Å². The van der Waals surface area contributed by atoms with Crippen LogP contribution in [0.4, 0.5) is 23.0 Å². The van der Waals surface area contributed by atoms with Gasteiger partial charge in [-0.3, -0.25) is 0 Å². The molecule has 2 aromatic carbocycles. The van der Waals surface area contributed by atoms with Crippen molar-refractivity contribution in [1.29, 1.82) is 0 Å². The predicted molar refractivity (Wildman–Crippen MR) is 182 cm³/mol. The number of aromatic nitrogens is 4. The molecule has 45 heavy (non-hydrogen) atoms. The first-order valence-corrected chi connectivity index (χ1v) is 18.1. The van der Waals surface area contributed by atoms with E-state index in [1.54, 1.807) is 54.6 Å². The number of sulfone groups is 1. The minimum Gasteiger partial charge on any atom is -0.345 e. The molecule has 0 unspecified atom stereocenters. The van der Waals surface area contributed by atoms with Crippen molar-refractivity contribution < 1.29 is 8.42 Å². The van der Waals surface area contributed by atoms with Crippen LogP contribution in [-0.2, 0) is 9.84 Å². The number of benzene rings is 2. The molecular weight excluding hydrogens is 627 g/mol. The number of thiazole rings is 1. The van der Waals surface area contributed by atoms with E-state index in [1.807, 2.05) is 5.38 Å². The van der Waals surface area contributed by atoms with Crippen molar-refractivity contribution in [3.05, 3.63) is 60.0 Å². The Labute approximate surface area is 272 Å². The molecule has 0 spiro atoms. The Morgan fingerprint density at radius 3 is 1.73 bits per heavy atom. The summed E-state index contributed by atoms with van der Waals surface area (Å²) < 4.78 is 25.9. The lowest BCUT2D eigenvalue weighted by Gasteiger charge is -2.36. The van der Waals surface area contributed by atoms with Crippen LogP contribution in [0.5, 0.6) is 0 Å². The SMILES string of the molecule is O=S(=O)(c1ccccc1)c1ccc(-c2csc(NC(=S)N3CCN(c4nc(N5CCCC5)nc(N5CCCC5)n4)CC3)n2)cc1. The second-order valence-electron chi connectivity index (χ2n) is 11.4. The highest BCUT2D eigenvalue weighted by atomic mass is 32.2. The van der Waals surface area contributed by atoms with E-state index in [9.17, 15) is 8.42 Å². The average molecular weight is 662 g/mol. The summed E-state index contributed by atoms with van der Waals surface area (Å²) >= 11 is 7.24. The molecular formula is C31H35N9O2S3. The van der Waals surface area contributed by atoms with Gasteiger partial charge in [0.25, 0.3) is 0 Å². The van der Waals surface area contributed by atoms with Crippen LogP contribution >= 0.6 is 23.6 Å². The number of piperazine rings is 1. The number of rotatable bonds is 7. The summed E-state index contributed by atoms with van der Waals surface area (Å²) in [6, 6.07) is 15.3. The molecule has 7 rings (SSSR count). The van der Waals surface area contributed by atoms with E-state index in [-0.39, 0.29) is 9.79 Å². The molecule has 0 bridgehead atoms. The predicted octanol–water partition coefficient (Wildman–Crippen LogP) is 4.55. The van der Waals surface area contributed by atoms with E-state index in [2.05, 4.69) is 24.9 Å². The molecule has 3 fully saturated rings. The van der Waals surface area contributed by atoms with Gasteiger partial charge in [0.2, 0.25) is 27.7 Å². The summed E-state index contributed by atoms with van der Waals surface area (Å²) in [6.45, 7) is 6.98. The van der Waals surface area contributed by atoms with E-state index < -0.39 is 9.84 Å². The van der Waals surface area contributed by atoms with Crippen molar-refractivity contribution in [1.82, 2.24) is 24.8 Å². The van der Waals surface area contributed by atoms with Crippen LogP contribution in [0.15, 0.2) is 69.8 Å². The van der Waals surface area contributed by atoms with Crippen LogP contribution in [0.25, 0.3) is 11.3 Å². The topological polar surface area (TPSA) is 111 Å². The molecule has 3 saturated heterocycles. The molecule has 11 nitrogen and oxygen atoms in total. The van der Waals surface area contributed by atoms with Gasteiger partial charge in [0.1, 0.15) is 0 Å². The van der Waals surface area contributed by atoms with Gasteiger partial charge in [-0.05, 0) is 62.2 Å². The minimum atomic E-state index is -3.57. The molecule has 3 aliphatic rings. The summed E-state index contributed by atoms with van der Waals surface area (Å²) in [6.07, 6.45) is 4.70. The van der Waals surface area contributed by atoms with Gasteiger partial charge in [-0.15, -0.1) is 11.3 Å². The van der Waals surface area contributed by atoms with Gasteiger partial charge in [-0.1, -0.05) is 30.3 Å². The van der Waals surface area contributed by atoms with Crippen LogP contribution in [0.3, 0.4) is 0 Å². The monoisotopic (exact) mass is 661 g/mol. The van der Waals surface area contributed by atoms with Gasteiger partial charge >= 0.3 is 0 Å². The fourth-order valence-electron chi connectivity index (χ4n) is 5.89. The molecule has 0 amide bonds. The first kappa shape index (κ1) is 29.8. The number of hydrogen-bond acceptors (Lipinski definition) is 11. The zero-order valence-corrected chi connectivity index (χ0v) is 27.3.